The summed E-state index contributed by atoms with van der Waals surface area (Å²) in [6, 6.07) is 10.6. The Bertz CT molecular complexity index is 594. The Kier molecular flexibility index (Phi) is 3.51. The van der Waals surface area contributed by atoms with E-state index in [9.17, 15) is 15.2 Å². The van der Waals surface area contributed by atoms with Crippen molar-refractivity contribution >= 4 is 5.69 Å². The molecule has 1 N–H and O–H groups in total. The van der Waals surface area contributed by atoms with Gasteiger partial charge in [-0.1, -0.05) is 0 Å². The van der Waals surface area contributed by atoms with Crippen LogP contribution in [0.25, 0.3) is 0 Å². The van der Waals surface area contributed by atoms with Crippen molar-refractivity contribution in [2.24, 2.45) is 0 Å². The summed E-state index contributed by atoms with van der Waals surface area (Å²) in [5.74, 6) is 1.08. The fourth-order valence-electron chi connectivity index (χ4n) is 1.49. The summed E-state index contributed by atoms with van der Waals surface area (Å²) in [6.45, 7) is 0. The van der Waals surface area contributed by atoms with Gasteiger partial charge in [-0.05, 0) is 36.4 Å². The van der Waals surface area contributed by atoms with Crippen molar-refractivity contribution in [2.45, 2.75) is 0 Å². The first kappa shape index (κ1) is 12.7. The largest absolute Gasteiger partial charge is 0.502 e. The molecule has 6 nitrogen and oxygen atoms in total. The number of phenols is 1. The molecule has 2 rings (SSSR count). The number of methoxy groups -OCH3 is 1. The highest BCUT2D eigenvalue weighted by Gasteiger charge is 2.14. The lowest BCUT2D eigenvalue weighted by molar-refractivity contribution is -0.385. The molecule has 6 heteroatoms. The summed E-state index contributed by atoms with van der Waals surface area (Å²) in [6.07, 6.45) is 0. The molecule has 0 aliphatic rings. The summed E-state index contributed by atoms with van der Waals surface area (Å²) in [5, 5.41) is 20.0. The highest BCUT2D eigenvalue weighted by Crippen LogP contribution is 2.32. The molecular weight excluding hydrogens is 250 g/mol. The molecule has 0 aromatic heterocycles. The van der Waals surface area contributed by atoms with Crippen LogP contribution >= 0.6 is 0 Å². The third kappa shape index (κ3) is 2.92. The molecule has 0 amide bonds. The zero-order valence-electron chi connectivity index (χ0n) is 10.1. The normalized spacial score (nSPS) is 9.95. The van der Waals surface area contributed by atoms with Gasteiger partial charge in [0.15, 0.2) is 5.75 Å². The first-order valence-electron chi connectivity index (χ1n) is 5.39. The van der Waals surface area contributed by atoms with Gasteiger partial charge < -0.3 is 14.6 Å². The van der Waals surface area contributed by atoms with E-state index in [1.54, 1.807) is 31.4 Å². The van der Waals surface area contributed by atoms with Crippen molar-refractivity contribution < 1.29 is 19.5 Å². The van der Waals surface area contributed by atoms with Gasteiger partial charge in [0.2, 0.25) is 0 Å². The van der Waals surface area contributed by atoms with Crippen molar-refractivity contribution in [3.63, 3.8) is 0 Å². The van der Waals surface area contributed by atoms with Crippen molar-refractivity contribution in [2.75, 3.05) is 7.11 Å². The average molecular weight is 261 g/mol. The van der Waals surface area contributed by atoms with E-state index < -0.39 is 16.4 Å². The molecule has 0 aliphatic carbocycles. The molecule has 98 valence electrons. The molecule has 0 radical (unpaired) electrons. The highest BCUT2D eigenvalue weighted by atomic mass is 16.6. The number of benzene rings is 2. The van der Waals surface area contributed by atoms with E-state index in [0.29, 0.717) is 11.5 Å². The summed E-state index contributed by atoms with van der Waals surface area (Å²) in [4.78, 5) is 10.0. The minimum Gasteiger partial charge on any atom is -0.502 e. The second kappa shape index (κ2) is 5.26. The van der Waals surface area contributed by atoms with Crippen LogP contribution in [0, 0.1) is 10.1 Å². The molecule has 0 atom stereocenters. The SMILES string of the molecule is COc1ccc(Oc2ccc(O)c([N+](=O)[O-])c2)cc1. The number of hydrogen-bond donors (Lipinski definition) is 1. The van der Waals surface area contributed by atoms with Crippen LogP contribution in [0.3, 0.4) is 0 Å². The summed E-state index contributed by atoms with van der Waals surface area (Å²) < 4.78 is 10.5. The lowest BCUT2D eigenvalue weighted by Crippen LogP contribution is -1.90. The molecule has 2 aromatic carbocycles. The smallest absolute Gasteiger partial charge is 0.314 e. The van der Waals surface area contributed by atoms with Crippen molar-refractivity contribution in [3.8, 4) is 23.0 Å². The molecule has 19 heavy (non-hydrogen) atoms. The second-order valence-corrected chi connectivity index (χ2v) is 3.69. The van der Waals surface area contributed by atoms with Crippen LogP contribution in [0.5, 0.6) is 23.0 Å². The van der Waals surface area contributed by atoms with Crippen LogP contribution in [-0.2, 0) is 0 Å². The van der Waals surface area contributed by atoms with E-state index in [2.05, 4.69) is 0 Å². The molecule has 0 saturated carbocycles. The monoisotopic (exact) mass is 261 g/mol. The summed E-state index contributed by atoms with van der Waals surface area (Å²) in [5.41, 5.74) is -0.397. The van der Waals surface area contributed by atoms with Gasteiger partial charge >= 0.3 is 5.69 Å². The van der Waals surface area contributed by atoms with Crippen molar-refractivity contribution in [1.82, 2.24) is 0 Å². The third-order valence-electron chi connectivity index (χ3n) is 2.44. The van der Waals surface area contributed by atoms with E-state index in [1.807, 2.05) is 0 Å². The molecule has 2 aromatic rings. The Balaban J connectivity index is 2.22. The Labute approximate surface area is 109 Å². The lowest BCUT2D eigenvalue weighted by atomic mass is 10.2. The Morgan fingerprint density at radius 2 is 1.63 bits per heavy atom. The first-order valence-corrected chi connectivity index (χ1v) is 5.39. The number of phenolic OH excluding ortho intramolecular Hbond substituents is 1. The predicted octanol–water partition coefficient (Wildman–Crippen LogP) is 3.10. The molecule has 0 unspecified atom stereocenters. The van der Waals surface area contributed by atoms with Crippen LogP contribution in [0.2, 0.25) is 0 Å². The predicted molar refractivity (Wildman–Crippen MR) is 67.8 cm³/mol. The second-order valence-electron chi connectivity index (χ2n) is 3.69. The molecule has 0 spiro atoms. The molecule has 0 heterocycles. The third-order valence-corrected chi connectivity index (χ3v) is 2.44. The van der Waals surface area contributed by atoms with Gasteiger partial charge in [0, 0.05) is 0 Å². The Morgan fingerprint density at radius 1 is 1.05 bits per heavy atom. The first-order chi connectivity index (χ1) is 9.10. The molecule has 0 bridgehead atoms. The van der Waals surface area contributed by atoms with Gasteiger partial charge in [-0.15, -0.1) is 0 Å². The van der Waals surface area contributed by atoms with Gasteiger partial charge in [-0.25, -0.2) is 0 Å². The van der Waals surface area contributed by atoms with Crippen LogP contribution in [0.15, 0.2) is 42.5 Å². The summed E-state index contributed by atoms with van der Waals surface area (Å²) in [7, 11) is 1.55. The van der Waals surface area contributed by atoms with E-state index >= 15 is 0 Å². The number of ether oxygens (including phenoxy) is 2. The standard InChI is InChI=1S/C13H11NO5/c1-18-9-2-4-10(5-3-9)19-11-6-7-13(15)12(8-11)14(16)17/h2-8,15H,1H3. The number of nitrogens with zero attached hydrogens (tertiary/aromatic N) is 1. The van der Waals surface area contributed by atoms with Crippen LogP contribution in [0.1, 0.15) is 0 Å². The molecular formula is C13H11NO5. The number of hydrogen-bond acceptors (Lipinski definition) is 5. The van der Waals surface area contributed by atoms with Crippen molar-refractivity contribution in [1.29, 1.82) is 0 Å². The maximum Gasteiger partial charge on any atom is 0.314 e. The topological polar surface area (TPSA) is 81.8 Å². The van der Waals surface area contributed by atoms with E-state index in [1.165, 1.54) is 18.2 Å². The molecule has 0 fully saturated rings. The minimum atomic E-state index is -0.670. The summed E-state index contributed by atoms with van der Waals surface area (Å²) >= 11 is 0. The maximum absolute atomic E-state index is 10.7. The number of nitro benzene ring substituents is 1. The van der Waals surface area contributed by atoms with Gasteiger partial charge in [0.25, 0.3) is 0 Å². The van der Waals surface area contributed by atoms with E-state index in [4.69, 9.17) is 9.47 Å². The molecule has 0 aliphatic heterocycles. The van der Waals surface area contributed by atoms with Crippen LogP contribution < -0.4 is 9.47 Å². The van der Waals surface area contributed by atoms with Crippen molar-refractivity contribution in [3.05, 3.63) is 52.6 Å². The van der Waals surface area contributed by atoms with Crippen LogP contribution in [-0.4, -0.2) is 17.1 Å². The fourth-order valence-corrected chi connectivity index (χ4v) is 1.49. The van der Waals surface area contributed by atoms with Crippen LogP contribution in [0.4, 0.5) is 5.69 Å². The average Bonchev–Trinajstić information content (AvgIpc) is 2.41. The van der Waals surface area contributed by atoms with E-state index in [-0.39, 0.29) is 5.75 Å². The zero-order valence-corrected chi connectivity index (χ0v) is 10.1. The minimum absolute atomic E-state index is 0.273. The lowest BCUT2D eigenvalue weighted by Gasteiger charge is -2.06. The van der Waals surface area contributed by atoms with Gasteiger partial charge in [-0.3, -0.25) is 10.1 Å². The Morgan fingerprint density at radius 3 is 2.21 bits per heavy atom. The number of rotatable bonds is 4. The van der Waals surface area contributed by atoms with Gasteiger partial charge in [0.05, 0.1) is 18.1 Å². The number of aromatic hydroxyl groups is 1. The molecule has 0 saturated heterocycles. The fraction of sp³-hybridized carbons (Fsp3) is 0.0769. The Hall–Kier alpha value is -2.76. The van der Waals surface area contributed by atoms with E-state index in [0.717, 1.165) is 0 Å². The quantitative estimate of drug-likeness (QED) is 0.675. The van der Waals surface area contributed by atoms with Gasteiger partial charge in [0.1, 0.15) is 17.2 Å². The number of nitro groups is 1. The maximum atomic E-state index is 10.7. The highest BCUT2D eigenvalue weighted by molar-refractivity contribution is 5.50. The van der Waals surface area contributed by atoms with Gasteiger partial charge in [-0.2, -0.15) is 0 Å². The zero-order chi connectivity index (χ0) is 13.8.